The Morgan fingerprint density at radius 1 is 1.00 bits per heavy atom. The van der Waals surface area contributed by atoms with Gasteiger partial charge in [0.2, 0.25) is 0 Å². The first-order valence-corrected chi connectivity index (χ1v) is 9.30. The summed E-state index contributed by atoms with van der Waals surface area (Å²) in [4.78, 5) is 2.52. The fourth-order valence-electron chi connectivity index (χ4n) is 3.83. The fraction of sp³-hybridized carbons (Fsp3) is 0.318. The molecule has 1 aromatic heterocycles. The lowest BCUT2D eigenvalue weighted by atomic mass is 9.97. The summed E-state index contributed by atoms with van der Waals surface area (Å²) in [6, 6.07) is 18.6. The molecule has 1 fully saturated rings. The smallest absolute Gasteiger partial charge is 0.0681 e. The van der Waals surface area contributed by atoms with E-state index >= 15 is 0 Å². The van der Waals surface area contributed by atoms with E-state index in [4.69, 9.17) is 0 Å². The topological polar surface area (TPSA) is 41.3 Å². The highest BCUT2D eigenvalue weighted by Crippen LogP contribution is 2.23. The Balaban J connectivity index is 1.34. The summed E-state index contributed by atoms with van der Waals surface area (Å²) in [5, 5.41) is 13.8. The standard InChI is InChI=1S/C22H25N3O/c26-17-20-6-4-5-18(12-20)11-19-9-10-24(14-19)15-21-13-23-25(16-21)22-7-2-1-3-8-22/h1-8,12-13,16,19,26H,9-11,14-15,17H2/t19-/m0/s1. The van der Waals surface area contributed by atoms with Crippen molar-refractivity contribution in [1.29, 1.82) is 0 Å². The van der Waals surface area contributed by atoms with Crippen molar-refractivity contribution in [3.8, 4) is 5.69 Å². The van der Waals surface area contributed by atoms with Gasteiger partial charge in [0.05, 0.1) is 18.5 Å². The summed E-state index contributed by atoms with van der Waals surface area (Å²) in [5.41, 5.74) is 4.70. The van der Waals surface area contributed by atoms with Gasteiger partial charge in [0, 0.05) is 24.8 Å². The number of hydrogen-bond donors (Lipinski definition) is 1. The number of rotatable bonds is 6. The van der Waals surface area contributed by atoms with E-state index in [9.17, 15) is 5.11 Å². The first-order chi connectivity index (χ1) is 12.8. The van der Waals surface area contributed by atoms with Crippen molar-refractivity contribution < 1.29 is 5.11 Å². The van der Waals surface area contributed by atoms with E-state index < -0.39 is 0 Å². The van der Waals surface area contributed by atoms with Crippen LogP contribution in [0.3, 0.4) is 0 Å². The molecule has 0 bridgehead atoms. The van der Waals surface area contributed by atoms with Gasteiger partial charge in [-0.3, -0.25) is 4.90 Å². The Morgan fingerprint density at radius 3 is 2.69 bits per heavy atom. The Morgan fingerprint density at radius 2 is 1.85 bits per heavy atom. The maximum atomic E-state index is 9.30. The largest absolute Gasteiger partial charge is 0.392 e. The molecule has 0 radical (unpaired) electrons. The number of nitrogens with zero attached hydrogens (tertiary/aromatic N) is 3. The van der Waals surface area contributed by atoms with E-state index in [2.05, 4.69) is 40.5 Å². The van der Waals surface area contributed by atoms with Crippen molar-refractivity contribution in [3.63, 3.8) is 0 Å². The van der Waals surface area contributed by atoms with Gasteiger partial charge in [-0.2, -0.15) is 5.10 Å². The van der Waals surface area contributed by atoms with E-state index in [1.165, 1.54) is 17.5 Å². The maximum absolute atomic E-state index is 9.30. The van der Waals surface area contributed by atoms with Gasteiger partial charge in [0.1, 0.15) is 0 Å². The zero-order valence-corrected chi connectivity index (χ0v) is 15.0. The monoisotopic (exact) mass is 347 g/mol. The van der Waals surface area contributed by atoms with Crippen molar-refractivity contribution in [2.75, 3.05) is 13.1 Å². The number of hydrogen-bond acceptors (Lipinski definition) is 3. The third kappa shape index (κ3) is 4.03. The highest BCUT2D eigenvalue weighted by atomic mass is 16.3. The minimum atomic E-state index is 0.121. The van der Waals surface area contributed by atoms with Crippen LogP contribution in [0.4, 0.5) is 0 Å². The van der Waals surface area contributed by atoms with Crippen molar-refractivity contribution >= 4 is 0 Å². The second kappa shape index (κ2) is 7.85. The second-order valence-corrected chi connectivity index (χ2v) is 7.20. The van der Waals surface area contributed by atoms with Gasteiger partial charge in [-0.05, 0) is 48.6 Å². The van der Waals surface area contributed by atoms with Crippen LogP contribution in [-0.4, -0.2) is 32.9 Å². The third-order valence-electron chi connectivity index (χ3n) is 5.13. The Hall–Kier alpha value is -2.43. The van der Waals surface area contributed by atoms with E-state index in [1.54, 1.807) is 0 Å². The minimum absolute atomic E-state index is 0.121. The molecule has 1 aliphatic rings. The summed E-state index contributed by atoms with van der Waals surface area (Å²) in [5.74, 6) is 0.688. The van der Waals surface area contributed by atoms with Crippen LogP contribution in [0, 0.1) is 5.92 Å². The molecular weight excluding hydrogens is 322 g/mol. The van der Waals surface area contributed by atoms with Crippen LogP contribution < -0.4 is 0 Å². The summed E-state index contributed by atoms with van der Waals surface area (Å²) >= 11 is 0. The van der Waals surface area contributed by atoms with Crippen molar-refractivity contribution in [3.05, 3.63) is 83.7 Å². The lowest BCUT2D eigenvalue weighted by molar-refractivity contribution is 0.281. The molecule has 0 saturated carbocycles. The van der Waals surface area contributed by atoms with Gasteiger partial charge in [0.15, 0.2) is 0 Å². The van der Waals surface area contributed by atoms with Crippen molar-refractivity contribution in [2.45, 2.75) is 26.0 Å². The number of aromatic nitrogens is 2. The molecule has 2 aromatic carbocycles. The van der Waals surface area contributed by atoms with Gasteiger partial charge >= 0.3 is 0 Å². The molecule has 0 aliphatic carbocycles. The highest BCUT2D eigenvalue weighted by Gasteiger charge is 2.23. The fourth-order valence-corrected chi connectivity index (χ4v) is 3.83. The highest BCUT2D eigenvalue weighted by molar-refractivity contribution is 5.31. The normalized spacial score (nSPS) is 17.7. The van der Waals surface area contributed by atoms with Crippen LogP contribution >= 0.6 is 0 Å². The Kier molecular flexibility index (Phi) is 5.14. The third-order valence-corrected chi connectivity index (χ3v) is 5.13. The molecule has 134 valence electrons. The average Bonchev–Trinajstić information content (AvgIpc) is 3.33. The van der Waals surface area contributed by atoms with Gasteiger partial charge in [-0.1, -0.05) is 42.5 Å². The van der Waals surface area contributed by atoms with Gasteiger partial charge < -0.3 is 5.11 Å². The van der Waals surface area contributed by atoms with Crippen LogP contribution in [0.25, 0.3) is 5.69 Å². The molecule has 2 heterocycles. The molecule has 1 atom stereocenters. The van der Waals surface area contributed by atoms with E-state index in [0.717, 1.165) is 37.3 Å². The quantitative estimate of drug-likeness (QED) is 0.743. The first kappa shape index (κ1) is 17.0. The molecule has 0 spiro atoms. The summed E-state index contributed by atoms with van der Waals surface area (Å²) in [7, 11) is 0. The summed E-state index contributed by atoms with van der Waals surface area (Å²) in [6.45, 7) is 3.34. The Bertz CT molecular complexity index is 843. The maximum Gasteiger partial charge on any atom is 0.0681 e. The number of aliphatic hydroxyl groups is 1. The molecule has 1 saturated heterocycles. The lowest BCUT2D eigenvalue weighted by Crippen LogP contribution is -2.20. The van der Waals surface area contributed by atoms with Crippen LogP contribution in [0.15, 0.2) is 67.0 Å². The predicted molar refractivity (Wildman–Crippen MR) is 103 cm³/mol. The number of aliphatic hydroxyl groups excluding tert-OH is 1. The van der Waals surface area contributed by atoms with E-state index in [1.807, 2.05) is 41.2 Å². The van der Waals surface area contributed by atoms with Gasteiger partial charge in [-0.15, -0.1) is 0 Å². The molecule has 26 heavy (non-hydrogen) atoms. The van der Waals surface area contributed by atoms with Crippen LogP contribution in [0.1, 0.15) is 23.1 Å². The minimum Gasteiger partial charge on any atom is -0.392 e. The molecule has 4 nitrogen and oxygen atoms in total. The molecule has 4 heteroatoms. The van der Waals surface area contributed by atoms with Crippen LogP contribution in [0.5, 0.6) is 0 Å². The molecule has 4 rings (SSSR count). The second-order valence-electron chi connectivity index (χ2n) is 7.20. The number of benzene rings is 2. The molecular formula is C22H25N3O. The molecule has 0 unspecified atom stereocenters. The molecule has 1 aliphatic heterocycles. The zero-order chi connectivity index (χ0) is 17.8. The average molecular weight is 347 g/mol. The summed E-state index contributed by atoms with van der Waals surface area (Å²) in [6.07, 6.45) is 6.43. The first-order valence-electron chi connectivity index (χ1n) is 9.30. The van der Waals surface area contributed by atoms with E-state index in [-0.39, 0.29) is 6.61 Å². The molecule has 3 aromatic rings. The SMILES string of the molecule is OCc1cccc(C[C@@H]2CCN(Cc3cnn(-c4ccccc4)c3)C2)c1. The van der Waals surface area contributed by atoms with E-state index in [0.29, 0.717) is 5.92 Å². The Labute approximate surface area is 154 Å². The van der Waals surface area contributed by atoms with Crippen LogP contribution in [0.2, 0.25) is 0 Å². The molecule has 0 amide bonds. The molecule has 1 N–H and O–H groups in total. The van der Waals surface area contributed by atoms with Gasteiger partial charge in [0.25, 0.3) is 0 Å². The summed E-state index contributed by atoms with van der Waals surface area (Å²) < 4.78 is 1.95. The van der Waals surface area contributed by atoms with Crippen molar-refractivity contribution in [1.82, 2.24) is 14.7 Å². The van der Waals surface area contributed by atoms with Crippen molar-refractivity contribution in [2.24, 2.45) is 5.92 Å². The lowest BCUT2D eigenvalue weighted by Gasteiger charge is -2.15. The zero-order valence-electron chi connectivity index (χ0n) is 15.0. The number of likely N-dealkylation sites (tertiary alicyclic amines) is 1. The number of para-hydroxylation sites is 1. The predicted octanol–water partition coefficient (Wildman–Crippen LogP) is 3.43. The van der Waals surface area contributed by atoms with Crippen LogP contribution in [-0.2, 0) is 19.6 Å². The van der Waals surface area contributed by atoms with Gasteiger partial charge in [-0.25, -0.2) is 4.68 Å².